The van der Waals surface area contributed by atoms with Crippen LogP contribution in [0.3, 0.4) is 0 Å². The highest BCUT2D eigenvalue weighted by atomic mass is 16.6. The second kappa shape index (κ2) is 6.14. The number of hydrogen-bond acceptors (Lipinski definition) is 5. The van der Waals surface area contributed by atoms with Crippen molar-refractivity contribution in [1.29, 1.82) is 0 Å². The van der Waals surface area contributed by atoms with Crippen LogP contribution in [0.1, 0.15) is 16.7 Å². The van der Waals surface area contributed by atoms with E-state index in [9.17, 15) is 15.2 Å². The van der Waals surface area contributed by atoms with Crippen LogP contribution in [0.15, 0.2) is 48.7 Å². The number of nitrogens with zero attached hydrogens (tertiary/aromatic N) is 3. The minimum absolute atomic E-state index is 0.0201. The van der Waals surface area contributed by atoms with E-state index < -0.39 is 4.92 Å². The summed E-state index contributed by atoms with van der Waals surface area (Å²) in [5.74, 6) is 0.0278. The predicted molar refractivity (Wildman–Crippen MR) is 94.3 cm³/mol. The minimum atomic E-state index is -0.418. The Bertz CT molecular complexity index is 971. The number of non-ortho nitro benzene ring substituents is 1. The highest BCUT2D eigenvalue weighted by Gasteiger charge is 2.22. The van der Waals surface area contributed by atoms with Gasteiger partial charge in [-0.05, 0) is 29.7 Å². The fourth-order valence-corrected chi connectivity index (χ4v) is 3.47. The molecule has 0 bridgehead atoms. The van der Waals surface area contributed by atoms with Crippen LogP contribution >= 0.6 is 0 Å². The van der Waals surface area contributed by atoms with E-state index in [1.165, 1.54) is 23.4 Å². The molecule has 1 aromatic heterocycles. The minimum Gasteiger partial charge on any atom is -0.505 e. The van der Waals surface area contributed by atoms with Crippen LogP contribution in [0.5, 0.6) is 5.75 Å². The first-order valence-corrected chi connectivity index (χ1v) is 8.16. The first-order valence-electron chi connectivity index (χ1n) is 8.16. The zero-order chi connectivity index (χ0) is 17.4. The van der Waals surface area contributed by atoms with E-state index in [0.29, 0.717) is 17.5 Å². The van der Waals surface area contributed by atoms with Gasteiger partial charge in [-0.1, -0.05) is 24.3 Å². The average molecular weight is 335 g/mol. The van der Waals surface area contributed by atoms with E-state index in [0.717, 1.165) is 19.5 Å². The SMILES string of the molecule is O=[N+]([O-])c1cc(CN2CCc3ccccc3C2)c(O)c2ncccc12. The van der Waals surface area contributed by atoms with Crippen LogP contribution in [-0.2, 0) is 19.5 Å². The van der Waals surface area contributed by atoms with Crippen LogP contribution in [0.4, 0.5) is 5.69 Å². The lowest BCUT2D eigenvalue weighted by atomic mass is 9.99. The Kier molecular flexibility index (Phi) is 3.82. The van der Waals surface area contributed by atoms with Gasteiger partial charge in [0.15, 0.2) is 0 Å². The van der Waals surface area contributed by atoms with Crippen molar-refractivity contribution >= 4 is 16.6 Å². The van der Waals surface area contributed by atoms with Crippen LogP contribution in [-0.4, -0.2) is 26.5 Å². The lowest BCUT2D eigenvalue weighted by Crippen LogP contribution is -2.30. The van der Waals surface area contributed by atoms with Gasteiger partial charge in [-0.25, -0.2) is 0 Å². The van der Waals surface area contributed by atoms with Crippen LogP contribution in [0.2, 0.25) is 0 Å². The average Bonchev–Trinajstić information content (AvgIpc) is 2.64. The summed E-state index contributed by atoms with van der Waals surface area (Å²) in [5.41, 5.74) is 3.41. The molecule has 2 heterocycles. The summed E-state index contributed by atoms with van der Waals surface area (Å²) in [6.07, 6.45) is 2.47. The Balaban J connectivity index is 1.70. The molecule has 0 saturated heterocycles. The largest absolute Gasteiger partial charge is 0.505 e. The Morgan fingerprint density at radius 2 is 2.00 bits per heavy atom. The van der Waals surface area contributed by atoms with Gasteiger partial charge in [0.05, 0.1) is 10.3 Å². The number of benzene rings is 2. The van der Waals surface area contributed by atoms with Gasteiger partial charge in [0, 0.05) is 37.5 Å². The van der Waals surface area contributed by atoms with Gasteiger partial charge < -0.3 is 5.11 Å². The first-order chi connectivity index (χ1) is 12.1. The second-order valence-electron chi connectivity index (χ2n) is 6.29. The summed E-state index contributed by atoms with van der Waals surface area (Å²) in [4.78, 5) is 17.3. The number of aromatic nitrogens is 1. The molecule has 0 unspecified atom stereocenters. The molecule has 0 radical (unpaired) electrons. The van der Waals surface area contributed by atoms with Gasteiger partial charge in [0.25, 0.3) is 5.69 Å². The first kappa shape index (κ1) is 15.5. The molecule has 126 valence electrons. The predicted octanol–water partition coefficient (Wildman–Crippen LogP) is 3.41. The van der Waals surface area contributed by atoms with Crippen molar-refractivity contribution in [2.24, 2.45) is 0 Å². The van der Waals surface area contributed by atoms with E-state index in [2.05, 4.69) is 22.0 Å². The van der Waals surface area contributed by atoms with E-state index in [-0.39, 0.29) is 17.0 Å². The third kappa shape index (κ3) is 2.81. The van der Waals surface area contributed by atoms with Crippen molar-refractivity contribution in [3.05, 3.63) is 75.5 Å². The maximum Gasteiger partial charge on any atom is 0.279 e. The molecule has 2 aromatic carbocycles. The molecule has 4 rings (SSSR count). The Labute approximate surface area is 144 Å². The number of phenols is 1. The number of nitro benzene ring substituents is 1. The van der Waals surface area contributed by atoms with Crippen molar-refractivity contribution < 1.29 is 10.0 Å². The zero-order valence-corrected chi connectivity index (χ0v) is 13.6. The molecule has 3 aromatic rings. The number of aromatic hydroxyl groups is 1. The summed E-state index contributed by atoms with van der Waals surface area (Å²) < 4.78 is 0. The lowest BCUT2D eigenvalue weighted by molar-refractivity contribution is -0.383. The molecule has 6 heteroatoms. The number of phenolic OH excluding ortho intramolecular Hbond substituents is 1. The highest BCUT2D eigenvalue weighted by molar-refractivity contribution is 5.93. The van der Waals surface area contributed by atoms with Crippen LogP contribution < -0.4 is 0 Å². The van der Waals surface area contributed by atoms with Crippen molar-refractivity contribution in [1.82, 2.24) is 9.88 Å². The van der Waals surface area contributed by atoms with Crippen molar-refractivity contribution in [3.8, 4) is 5.75 Å². The number of rotatable bonds is 3. The Hall–Kier alpha value is -2.99. The topological polar surface area (TPSA) is 79.5 Å². The molecule has 1 aliphatic heterocycles. The van der Waals surface area contributed by atoms with Crippen LogP contribution in [0.25, 0.3) is 10.9 Å². The quantitative estimate of drug-likeness (QED) is 0.586. The smallest absolute Gasteiger partial charge is 0.279 e. The van der Waals surface area contributed by atoms with Crippen LogP contribution in [0, 0.1) is 10.1 Å². The Morgan fingerprint density at radius 1 is 1.20 bits per heavy atom. The molecule has 25 heavy (non-hydrogen) atoms. The number of fused-ring (bicyclic) bond motifs is 2. The Morgan fingerprint density at radius 3 is 2.80 bits per heavy atom. The highest BCUT2D eigenvalue weighted by Crippen LogP contribution is 2.35. The molecule has 0 spiro atoms. The molecule has 0 amide bonds. The normalized spacial score (nSPS) is 14.4. The molecule has 0 aliphatic carbocycles. The summed E-state index contributed by atoms with van der Waals surface area (Å²) >= 11 is 0. The summed E-state index contributed by atoms with van der Waals surface area (Å²) in [7, 11) is 0. The fourth-order valence-electron chi connectivity index (χ4n) is 3.47. The van der Waals surface area contributed by atoms with Crippen molar-refractivity contribution in [3.63, 3.8) is 0 Å². The summed E-state index contributed by atoms with van der Waals surface area (Å²) in [6.45, 7) is 2.07. The summed E-state index contributed by atoms with van der Waals surface area (Å²) in [6, 6.07) is 13.0. The third-order valence-corrected chi connectivity index (χ3v) is 4.72. The number of hydrogen-bond donors (Lipinski definition) is 1. The lowest BCUT2D eigenvalue weighted by Gasteiger charge is -2.29. The molecule has 1 aliphatic rings. The van der Waals surface area contributed by atoms with E-state index >= 15 is 0 Å². The maximum absolute atomic E-state index is 11.4. The number of nitro groups is 1. The fraction of sp³-hybridized carbons (Fsp3) is 0.211. The van der Waals surface area contributed by atoms with E-state index in [1.807, 2.05) is 12.1 Å². The third-order valence-electron chi connectivity index (χ3n) is 4.72. The van der Waals surface area contributed by atoms with Gasteiger partial charge in [0.2, 0.25) is 0 Å². The van der Waals surface area contributed by atoms with Gasteiger partial charge in [-0.2, -0.15) is 0 Å². The second-order valence-corrected chi connectivity index (χ2v) is 6.29. The standard InChI is InChI=1S/C19H17N3O3/c23-19-15(10-17(22(24)25)16-6-3-8-20-18(16)19)12-21-9-7-13-4-1-2-5-14(13)11-21/h1-6,8,10,23H,7,9,11-12H2. The van der Waals surface area contributed by atoms with Gasteiger partial charge in [0.1, 0.15) is 11.3 Å². The zero-order valence-electron chi connectivity index (χ0n) is 13.6. The van der Waals surface area contributed by atoms with Gasteiger partial charge in [-0.15, -0.1) is 0 Å². The molecular formula is C19H17N3O3. The van der Waals surface area contributed by atoms with Crippen molar-refractivity contribution in [2.75, 3.05) is 6.54 Å². The molecule has 1 N–H and O–H groups in total. The molecule has 6 nitrogen and oxygen atoms in total. The van der Waals surface area contributed by atoms with Crippen molar-refractivity contribution in [2.45, 2.75) is 19.5 Å². The molecule has 0 saturated carbocycles. The van der Waals surface area contributed by atoms with E-state index in [1.54, 1.807) is 12.1 Å². The molecule has 0 atom stereocenters. The number of pyridine rings is 1. The van der Waals surface area contributed by atoms with Gasteiger partial charge in [-0.3, -0.25) is 20.0 Å². The molecule has 0 fully saturated rings. The van der Waals surface area contributed by atoms with Gasteiger partial charge >= 0.3 is 0 Å². The maximum atomic E-state index is 11.4. The monoisotopic (exact) mass is 335 g/mol. The van der Waals surface area contributed by atoms with E-state index in [4.69, 9.17) is 0 Å². The molecular weight excluding hydrogens is 318 g/mol. The summed E-state index contributed by atoms with van der Waals surface area (Å²) in [5, 5.41) is 22.3.